The molecule has 1 amide bonds. The summed E-state index contributed by atoms with van der Waals surface area (Å²) in [6.07, 6.45) is 1.14. The molecule has 1 N–H and O–H groups in total. The van der Waals surface area contributed by atoms with Gasteiger partial charge in [-0.1, -0.05) is 0 Å². The van der Waals surface area contributed by atoms with E-state index < -0.39 is 11.6 Å². The Morgan fingerprint density at radius 3 is 2.45 bits per heavy atom. The van der Waals surface area contributed by atoms with Crippen molar-refractivity contribution in [3.8, 4) is 0 Å². The number of carbonyl (C=O) groups is 1. The highest BCUT2D eigenvalue weighted by molar-refractivity contribution is 5.67. The highest BCUT2D eigenvalue weighted by Gasteiger charge is 2.23. The molecule has 6 heteroatoms. The number of rotatable bonds is 3. The molecule has 0 aromatic heterocycles. The Morgan fingerprint density at radius 1 is 1.30 bits per heavy atom. The maximum Gasteiger partial charge on any atom is 0.409 e. The number of nitrogens with zero attached hydrogens (tertiary/aromatic N) is 1. The zero-order valence-corrected chi connectivity index (χ0v) is 11.4. The van der Waals surface area contributed by atoms with Crippen molar-refractivity contribution in [3.63, 3.8) is 0 Å². The molecule has 0 radical (unpaired) electrons. The highest BCUT2D eigenvalue weighted by atomic mass is 19.1. The molecule has 2 rings (SSSR count). The molecule has 1 aromatic carbocycles. The lowest BCUT2D eigenvalue weighted by atomic mass is 10.1. The lowest BCUT2D eigenvalue weighted by Crippen LogP contribution is -2.42. The van der Waals surface area contributed by atoms with E-state index in [-0.39, 0.29) is 12.1 Å². The third-order valence-electron chi connectivity index (χ3n) is 3.25. The number of nitrogens with one attached hydrogen (secondary N) is 1. The lowest BCUT2D eigenvalue weighted by Gasteiger charge is -2.32. The minimum absolute atomic E-state index is 0.0990. The van der Waals surface area contributed by atoms with Crippen molar-refractivity contribution in [1.29, 1.82) is 0 Å². The first-order valence-corrected chi connectivity index (χ1v) is 6.73. The average Bonchev–Trinajstić information content (AvgIpc) is 2.38. The second-order valence-corrected chi connectivity index (χ2v) is 4.76. The van der Waals surface area contributed by atoms with Gasteiger partial charge in [-0.25, -0.2) is 13.6 Å². The fourth-order valence-corrected chi connectivity index (χ4v) is 2.29. The van der Waals surface area contributed by atoms with Gasteiger partial charge in [-0.05, 0) is 31.9 Å². The number of likely N-dealkylation sites (tertiary alicyclic amines) is 1. The van der Waals surface area contributed by atoms with Gasteiger partial charge in [0, 0.05) is 30.9 Å². The van der Waals surface area contributed by atoms with E-state index in [9.17, 15) is 13.6 Å². The summed E-state index contributed by atoms with van der Waals surface area (Å²) in [5.41, 5.74) is 0.428. The number of anilines is 1. The van der Waals surface area contributed by atoms with Crippen LogP contribution in [0.15, 0.2) is 18.2 Å². The van der Waals surface area contributed by atoms with Crippen molar-refractivity contribution in [2.75, 3.05) is 25.0 Å². The third kappa shape index (κ3) is 3.82. The highest BCUT2D eigenvalue weighted by Crippen LogP contribution is 2.19. The van der Waals surface area contributed by atoms with Gasteiger partial charge in [0.25, 0.3) is 0 Å². The van der Waals surface area contributed by atoms with E-state index in [1.54, 1.807) is 11.8 Å². The molecular formula is C14H18F2N2O2. The van der Waals surface area contributed by atoms with Crippen LogP contribution >= 0.6 is 0 Å². The minimum Gasteiger partial charge on any atom is -0.450 e. The van der Waals surface area contributed by atoms with Crippen LogP contribution in [0.3, 0.4) is 0 Å². The summed E-state index contributed by atoms with van der Waals surface area (Å²) >= 11 is 0. The van der Waals surface area contributed by atoms with Crippen LogP contribution in [0.1, 0.15) is 19.8 Å². The number of hydrogen-bond donors (Lipinski definition) is 1. The summed E-state index contributed by atoms with van der Waals surface area (Å²) in [4.78, 5) is 13.2. The van der Waals surface area contributed by atoms with E-state index in [0.29, 0.717) is 25.4 Å². The molecule has 20 heavy (non-hydrogen) atoms. The Hall–Kier alpha value is -1.85. The van der Waals surface area contributed by atoms with E-state index in [0.717, 1.165) is 18.9 Å². The van der Waals surface area contributed by atoms with Gasteiger partial charge >= 0.3 is 6.09 Å². The Morgan fingerprint density at radius 2 is 1.90 bits per heavy atom. The summed E-state index contributed by atoms with van der Waals surface area (Å²) in [6, 6.07) is 3.47. The molecular weight excluding hydrogens is 266 g/mol. The van der Waals surface area contributed by atoms with Crippen molar-refractivity contribution < 1.29 is 18.3 Å². The molecule has 1 aromatic rings. The van der Waals surface area contributed by atoms with Gasteiger partial charge in [0.05, 0.1) is 6.61 Å². The zero-order valence-electron chi connectivity index (χ0n) is 11.4. The second-order valence-electron chi connectivity index (χ2n) is 4.76. The fourth-order valence-electron chi connectivity index (χ4n) is 2.29. The van der Waals surface area contributed by atoms with Crippen LogP contribution in [-0.4, -0.2) is 36.7 Å². The van der Waals surface area contributed by atoms with E-state index in [2.05, 4.69) is 5.32 Å². The fraction of sp³-hybridized carbons (Fsp3) is 0.500. The van der Waals surface area contributed by atoms with Gasteiger partial charge in [-0.15, -0.1) is 0 Å². The average molecular weight is 284 g/mol. The van der Waals surface area contributed by atoms with Crippen LogP contribution in [0.5, 0.6) is 0 Å². The smallest absolute Gasteiger partial charge is 0.409 e. The molecule has 0 aliphatic carbocycles. The van der Waals surface area contributed by atoms with Gasteiger partial charge in [0.2, 0.25) is 0 Å². The molecule has 110 valence electrons. The summed E-state index contributed by atoms with van der Waals surface area (Å²) in [5, 5.41) is 3.10. The van der Waals surface area contributed by atoms with Crippen molar-refractivity contribution in [2.24, 2.45) is 0 Å². The van der Waals surface area contributed by atoms with Crippen molar-refractivity contribution in [1.82, 2.24) is 4.90 Å². The Bertz CT molecular complexity index is 454. The van der Waals surface area contributed by atoms with E-state index in [1.807, 2.05) is 0 Å². The number of hydrogen-bond acceptors (Lipinski definition) is 3. The predicted molar refractivity (Wildman–Crippen MR) is 71.6 cm³/mol. The number of halogens is 2. The molecule has 1 fully saturated rings. The van der Waals surface area contributed by atoms with Crippen LogP contribution in [0, 0.1) is 11.6 Å². The quantitative estimate of drug-likeness (QED) is 0.927. The molecule has 1 aliphatic heterocycles. The van der Waals surface area contributed by atoms with Crippen LogP contribution in [0.2, 0.25) is 0 Å². The molecule has 1 aliphatic rings. The first-order valence-electron chi connectivity index (χ1n) is 6.73. The summed E-state index contributed by atoms with van der Waals surface area (Å²) in [6.45, 7) is 3.28. The number of benzene rings is 1. The maximum absolute atomic E-state index is 13.1. The van der Waals surface area contributed by atoms with Gasteiger partial charge in [-0.2, -0.15) is 0 Å². The maximum atomic E-state index is 13.1. The lowest BCUT2D eigenvalue weighted by molar-refractivity contribution is 0.0983. The number of carbonyl (C=O) groups excluding carboxylic acids is 1. The zero-order chi connectivity index (χ0) is 14.5. The molecule has 4 nitrogen and oxygen atoms in total. The molecule has 1 heterocycles. The van der Waals surface area contributed by atoms with Crippen molar-refractivity contribution in [2.45, 2.75) is 25.8 Å². The standard InChI is InChI=1S/C14H18F2N2O2/c1-2-20-14(19)18-5-3-12(4-6-18)17-13-8-10(15)7-11(16)9-13/h7-9,12,17H,2-6H2,1H3. The molecule has 0 unspecified atom stereocenters. The Kier molecular flexibility index (Phi) is 4.76. The van der Waals surface area contributed by atoms with Gasteiger partial charge in [-0.3, -0.25) is 0 Å². The Balaban J connectivity index is 1.86. The molecule has 0 bridgehead atoms. The number of ether oxygens (including phenoxy) is 1. The van der Waals surface area contributed by atoms with Crippen LogP contribution in [-0.2, 0) is 4.74 Å². The number of piperidine rings is 1. The van der Waals surface area contributed by atoms with Gasteiger partial charge < -0.3 is 15.0 Å². The Labute approximate surface area is 116 Å². The second kappa shape index (κ2) is 6.54. The SMILES string of the molecule is CCOC(=O)N1CCC(Nc2cc(F)cc(F)c2)CC1. The van der Waals surface area contributed by atoms with Crippen molar-refractivity contribution in [3.05, 3.63) is 29.8 Å². The summed E-state index contributed by atoms with van der Waals surface area (Å²) in [7, 11) is 0. The van der Waals surface area contributed by atoms with E-state index in [1.165, 1.54) is 12.1 Å². The first kappa shape index (κ1) is 14.6. The monoisotopic (exact) mass is 284 g/mol. The summed E-state index contributed by atoms with van der Waals surface area (Å²) in [5.74, 6) is -1.20. The molecule has 0 saturated carbocycles. The summed E-state index contributed by atoms with van der Waals surface area (Å²) < 4.78 is 31.1. The van der Waals surface area contributed by atoms with E-state index in [4.69, 9.17) is 4.74 Å². The topological polar surface area (TPSA) is 41.6 Å². The third-order valence-corrected chi connectivity index (χ3v) is 3.25. The molecule has 0 atom stereocenters. The van der Waals surface area contributed by atoms with Crippen LogP contribution in [0.4, 0.5) is 19.3 Å². The molecule has 1 saturated heterocycles. The minimum atomic E-state index is -0.601. The van der Waals surface area contributed by atoms with Crippen molar-refractivity contribution >= 4 is 11.8 Å². The predicted octanol–water partition coefficient (Wildman–Crippen LogP) is 3.00. The molecule has 0 spiro atoms. The van der Waals surface area contributed by atoms with Crippen LogP contribution in [0.25, 0.3) is 0 Å². The first-order chi connectivity index (χ1) is 9.58. The largest absolute Gasteiger partial charge is 0.450 e. The van der Waals surface area contributed by atoms with E-state index >= 15 is 0 Å². The normalized spacial score (nSPS) is 16.1. The van der Waals surface area contributed by atoms with Gasteiger partial charge in [0.1, 0.15) is 11.6 Å². The number of amides is 1. The van der Waals surface area contributed by atoms with Gasteiger partial charge in [0.15, 0.2) is 0 Å². The van der Waals surface area contributed by atoms with Crippen LogP contribution < -0.4 is 5.32 Å².